The van der Waals surface area contributed by atoms with E-state index in [0.29, 0.717) is 33.6 Å². The number of carbonyl (C=O) groups excluding carboxylic acids is 1. The zero-order valence-corrected chi connectivity index (χ0v) is 13.1. The van der Waals surface area contributed by atoms with E-state index in [4.69, 9.17) is 16.7 Å². The van der Waals surface area contributed by atoms with Crippen LogP contribution in [-0.2, 0) is 0 Å². The number of H-pyrrole nitrogens is 1. The minimum absolute atomic E-state index is 0.156. The average molecular weight is 358 g/mol. The lowest BCUT2D eigenvalue weighted by Gasteiger charge is -2.09. The second kappa shape index (κ2) is 5.28. The van der Waals surface area contributed by atoms with Crippen molar-refractivity contribution < 1.29 is 14.7 Å². The lowest BCUT2D eigenvalue weighted by molar-refractivity contribution is 0.0684. The van der Waals surface area contributed by atoms with Gasteiger partial charge in [-0.1, -0.05) is 11.6 Å². The number of carboxylic acids is 1. The molecule has 3 heterocycles. The van der Waals surface area contributed by atoms with E-state index in [1.807, 2.05) is 0 Å². The topological polar surface area (TPSA) is 122 Å². The van der Waals surface area contributed by atoms with E-state index in [-0.39, 0.29) is 5.65 Å². The molecule has 9 nitrogen and oxygen atoms in total. The van der Waals surface area contributed by atoms with Gasteiger partial charge in [-0.05, 0) is 18.2 Å². The van der Waals surface area contributed by atoms with Crippen LogP contribution in [0.5, 0.6) is 0 Å². The Labute approximate surface area is 143 Å². The van der Waals surface area contributed by atoms with Gasteiger partial charge in [0.05, 0.1) is 11.2 Å². The molecule has 3 aromatic heterocycles. The van der Waals surface area contributed by atoms with Crippen molar-refractivity contribution in [3.05, 3.63) is 57.4 Å². The zero-order chi connectivity index (χ0) is 17.7. The molecule has 25 heavy (non-hydrogen) atoms. The van der Waals surface area contributed by atoms with Gasteiger partial charge in [0.1, 0.15) is 5.52 Å². The predicted octanol–water partition coefficient (Wildman–Crippen LogP) is 1.53. The highest BCUT2D eigenvalue weighted by molar-refractivity contribution is 6.31. The first-order valence-electron chi connectivity index (χ1n) is 6.97. The number of hydrogen-bond donors (Lipinski definition) is 2. The molecular weight excluding hydrogens is 350 g/mol. The van der Waals surface area contributed by atoms with E-state index in [1.54, 1.807) is 29.1 Å². The number of aromatic amines is 1. The van der Waals surface area contributed by atoms with E-state index < -0.39 is 17.4 Å². The summed E-state index contributed by atoms with van der Waals surface area (Å²) in [5.74, 6) is -1.85. The van der Waals surface area contributed by atoms with Crippen LogP contribution in [0.25, 0.3) is 22.4 Å². The fourth-order valence-electron chi connectivity index (χ4n) is 2.62. The molecule has 0 aliphatic rings. The molecule has 0 atom stereocenters. The summed E-state index contributed by atoms with van der Waals surface area (Å²) in [7, 11) is 0. The third-order valence-electron chi connectivity index (χ3n) is 3.65. The number of carboxylic acid groups (broad SMARTS) is 1. The summed E-state index contributed by atoms with van der Waals surface area (Å²) in [5.41, 5.74) is 0.936. The highest BCUT2D eigenvalue weighted by Gasteiger charge is 2.18. The van der Waals surface area contributed by atoms with Gasteiger partial charge in [-0.25, -0.2) is 9.31 Å². The molecular formula is C15H8ClN5O4. The summed E-state index contributed by atoms with van der Waals surface area (Å²) in [6, 6.07) is 4.73. The number of benzene rings is 1. The molecule has 0 aliphatic carbocycles. The maximum absolute atomic E-state index is 12.2. The third kappa shape index (κ3) is 2.29. The van der Waals surface area contributed by atoms with Crippen molar-refractivity contribution in [3.8, 4) is 5.69 Å². The Morgan fingerprint density at radius 1 is 1.36 bits per heavy atom. The van der Waals surface area contributed by atoms with Gasteiger partial charge in [0.2, 0.25) is 5.65 Å². The number of aromatic carboxylic acids is 1. The van der Waals surface area contributed by atoms with Crippen LogP contribution in [0, 0.1) is 0 Å². The molecule has 0 radical (unpaired) electrons. The van der Waals surface area contributed by atoms with Crippen molar-refractivity contribution in [3.63, 3.8) is 0 Å². The molecule has 0 aliphatic heterocycles. The van der Waals surface area contributed by atoms with E-state index in [0.717, 1.165) is 4.52 Å². The summed E-state index contributed by atoms with van der Waals surface area (Å²) in [4.78, 5) is 40.6. The SMILES string of the molecule is O=Cc1ccn(-c2cc(Cl)cc3[nH]c(=O)c4nc(C(=O)O)nn4c23)c1. The fourth-order valence-corrected chi connectivity index (χ4v) is 2.83. The first kappa shape index (κ1) is 15.1. The summed E-state index contributed by atoms with van der Waals surface area (Å²) in [5, 5.41) is 13.3. The second-order valence-corrected chi connectivity index (χ2v) is 5.66. The van der Waals surface area contributed by atoms with Crippen LogP contribution in [0.1, 0.15) is 21.0 Å². The van der Waals surface area contributed by atoms with Gasteiger partial charge in [0, 0.05) is 23.0 Å². The van der Waals surface area contributed by atoms with Crippen molar-refractivity contribution in [2.75, 3.05) is 0 Å². The minimum Gasteiger partial charge on any atom is -0.475 e. The Kier molecular flexibility index (Phi) is 3.19. The Morgan fingerprint density at radius 2 is 2.16 bits per heavy atom. The molecule has 1 aromatic carbocycles. The predicted molar refractivity (Wildman–Crippen MR) is 87.8 cm³/mol. The fraction of sp³-hybridized carbons (Fsp3) is 0. The molecule has 2 N–H and O–H groups in total. The summed E-state index contributed by atoms with van der Waals surface area (Å²) >= 11 is 6.13. The normalized spacial score (nSPS) is 11.2. The molecule has 10 heteroatoms. The minimum atomic E-state index is -1.35. The van der Waals surface area contributed by atoms with Crippen molar-refractivity contribution in [1.29, 1.82) is 0 Å². The number of nitrogens with one attached hydrogen (secondary N) is 1. The number of carbonyl (C=O) groups is 2. The highest BCUT2D eigenvalue weighted by Crippen LogP contribution is 2.26. The van der Waals surface area contributed by atoms with Crippen LogP contribution < -0.4 is 5.56 Å². The van der Waals surface area contributed by atoms with Gasteiger partial charge >= 0.3 is 5.97 Å². The van der Waals surface area contributed by atoms with Crippen molar-refractivity contribution in [1.82, 2.24) is 24.1 Å². The summed E-state index contributed by atoms with van der Waals surface area (Å²) in [6.07, 6.45) is 3.91. The number of fused-ring (bicyclic) bond motifs is 3. The number of rotatable bonds is 3. The van der Waals surface area contributed by atoms with Crippen LogP contribution in [0.3, 0.4) is 0 Å². The molecule has 0 unspecified atom stereocenters. The monoisotopic (exact) mass is 357 g/mol. The van der Waals surface area contributed by atoms with Crippen molar-refractivity contribution in [2.45, 2.75) is 0 Å². The van der Waals surface area contributed by atoms with Crippen LogP contribution in [0.4, 0.5) is 0 Å². The van der Waals surface area contributed by atoms with E-state index >= 15 is 0 Å². The zero-order valence-electron chi connectivity index (χ0n) is 12.3. The van der Waals surface area contributed by atoms with Gasteiger partial charge in [-0.15, -0.1) is 5.10 Å². The third-order valence-corrected chi connectivity index (χ3v) is 3.86. The summed E-state index contributed by atoms with van der Waals surface area (Å²) in [6.45, 7) is 0. The van der Waals surface area contributed by atoms with E-state index in [9.17, 15) is 14.4 Å². The van der Waals surface area contributed by atoms with Gasteiger partial charge in [-0.3, -0.25) is 9.59 Å². The van der Waals surface area contributed by atoms with Crippen LogP contribution >= 0.6 is 11.6 Å². The number of aldehydes is 1. The number of hydrogen-bond acceptors (Lipinski definition) is 5. The molecule has 0 bridgehead atoms. The number of halogens is 1. The molecule has 124 valence electrons. The second-order valence-electron chi connectivity index (χ2n) is 5.22. The standard InChI is InChI=1S/C15H8ClN5O4/c16-8-3-9-11(10(4-8)20-2-1-7(5-20)6-22)21-13(14(23)17-9)18-12(19-21)15(24)25/h1-6H,(H,17,23)(H,24,25). The molecule has 0 saturated heterocycles. The molecule has 0 saturated carbocycles. The summed E-state index contributed by atoms with van der Waals surface area (Å²) < 4.78 is 2.78. The van der Waals surface area contributed by atoms with E-state index in [1.165, 1.54) is 6.07 Å². The highest BCUT2D eigenvalue weighted by atomic mass is 35.5. The smallest absolute Gasteiger partial charge is 0.375 e. The largest absolute Gasteiger partial charge is 0.475 e. The van der Waals surface area contributed by atoms with Crippen molar-refractivity contribution in [2.24, 2.45) is 0 Å². The number of aromatic nitrogens is 5. The molecule has 0 spiro atoms. The molecule has 0 amide bonds. The Bertz CT molecular complexity index is 1240. The van der Waals surface area contributed by atoms with Gasteiger partial charge in [0.25, 0.3) is 11.4 Å². The molecule has 4 rings (SSSR count). The molecule has 4 aromatic rings. The maximum Gasteiger partial charge on any atom is 0.375 e. The lowest BCUT2D eigenvalue weighted by atomic mass is 10.2. The van der Waals surface area contributed by atoms with Gasteiger partial charge in [-0.2, -0.15) is 4.98 Å². The average Bonchev–Trinajstić information content (AvgIpc) is 3.21. The van der Waals surface area contributed by atoms with Crippen LogP contribution in [0.2, 0.25) is 5.02 Å². The maximum atomic E-state index is 12.2. The lowest BCUT2D eigenvalue weighted by Crippen LogP contribution is -2.13. The van der Waals surface area contributed by atoms with Crippen LogP contribution in [-0.4, -0.2) is 41.5 Å². The van der Waals surface area contributed by atoms with Gasteiger partial charge in [0.15, 0.2) is 6.29 Å². The molecule has 0 fully saturated rings. The quantitative estimate of drug-likeness (QED) is 0.536. The first-order valence-corrected chi connectivity index (χ1v) is 7.35. The Hall–Kier alpha value is -3.46. The number of nitrogens with zero attached hydrogens (tertiary/aromatic N) is 4. The van der Waals surface area contributed by atoms with E-state index in [2.05, 4.69) is 15.1 Å². The Morgan fingerprint density at radius 3 is 2.84 bits per heavy atom. The van der Waals surface area contributed by atoms with Crippen molar-refractivity contribution >= 4 is 40.5 Å². The Balaban J connectivity index is 2.18. The van der Waals surface area contributed by atoms with Gasteiger partial charge < -0.3 is 14.7 Å². The van der Waals surface area contributed by atoms with Crippen LogP contribution in [0.15, 0.2) is 35.4 Å². The first-order chi connectivity index (χ1) is 12.0.